The van der Waals surface area contributed by atoms with Gasteiger partial charge in [-0.05, 0) is 18.6 Å². The molecule has 0 N–H and O–H groups in total. The molecule has 0 aromatic heterocycles. The van der Waals surface area contributed by atoms with Crippen LogP contribution < -0.4 is 0 Å². The zero-order valence-electron chi connectivity index (χ0n) is 7.04. The molecule has 0 saturated heterocycles. The molecule has 0 heterocycles. The molecule has 2 nitrogen and oxygen atoms in total. The highest BCUT2D eigenvalue weighted by molar-refractivity contribution is 5.72. The Hall–Kier alpha value is -1.31. The molecule has 63 valence electrons. The molecule has 0 aliphatic heterocycles. The number of ether oxygens (including phenoxy) is 1. The second-order valence-electron chi connectivity index (χ2n) is 2.39. The monoisotopic (exact) mass is 163 g/mol. The zero-order valence-corrected chi connectivity index (χ0v) is 7.04. The summed E-state index contributed by atoms with van der Waals surface area (Å²) in [5.41, 5.74) is 0.941. The van der Waals surface area contributed by atoms with Gasteiger partial charge in [0.2, 0.25) is 0 Å². The van der Waals surface area contributed by atoms with E-state index in [0.717, 1.165) is 5.56 Å². The van der Waals surface area contributed by atoms with Crippen molar-refractivity contribution in [3.63, 3.8) is 0 Å². The minimum atomic E-state index is -0.183. The molecule has 0 bridgehead atoms. The molecular weight excluding hydrogens is 152 g/mol. The van der Waals surface area contributed by atoms with Gasteiger partial charge in [0.05, 0.1) is 13.0 Å². The third-order valence-electron chi connectivity index (χ3n) is 1.43. The van der Waals surface area contributed by atoms with Crippen molar-refractivity contribution in [2.75, 3.05) is 6.61 Å². The van der Waals surface area contributed by atoms with Crippen LogP contribution in [0.1, 0.15) is 12.5 Å². The predicted octanol–water partition coefficient (Wildman–Crippen LogP) is 1.59. The Balaban J connectivity index is 2.47. The van der Waals surface area contributed by atoms with Crippen LogP contribution in [0.2, 0.25) is 0 Å². The lowest BCUT2D eigenvalue weighted by Crippen LogP contribution is -2.07. The Morgan fingerprint density at radius 3 is 3.08 bits per heavy atom. The van der Waals surface area contributed by atoms with Gasteiger partial charge in [0.15, 0.2) is 0 Å². The molecular formula is C10H11O2. The van der Waals surface area contributed by atoms with Crippen LogP contribution in [0.5, 0.6) is 0 Å². The molecule has 0 fully saturated rings. The predicted molar refractivity (Wildman–Crippen MR) is 45.6 cm³/mol. The molecule has 0 atom stereocenters. The van der Waals surface area contributed by atoms with Crippen LogP contribution in [0.3, 0.4) is 0 Å². The van der Waals surface area contributed by atoms with Crippen LogP contribution >= 0.6 is 0 Å². The van der Waals surface area contributed by atoms with Gasteiger partial charge in [-0.25, -0.2) is 0 Å². The maximum Gasteiger partial charge on any atom is 0.310 e. The summed E-state index contributed by atoms with van der Waals surface area (Å²) in [6.45, 7) is 2.24. The molecule has 1 rings (SSSR count). The van der Waals surface area contributed by atoms with Gasteiger partial charge >= 0.3 is 5.97 Å². The number of rotatable bonds is 3. The van der Waals surface area contributed by atoms with E-state index in [0.29, 0.717) is 13.0 Å². The third kappa shape index (κ3) is 2.74. The van der Waals surface area contributed by atoms with Crippen molar-refractivity contribution in [2.45, 2.75) is 13.3 Å². The largest absolute Gasteiger partial charge is 0.466 e. The average molecular weight is 163 g/mol. The molecule has 0 saturated carbocycles. The van der Waals surface area contributed by atoms with Gasteiger partial charge in [-0.15, -0.1) is 0 Å². The smallest absolute Gasteiger partial charge is 0.310 e. The highest BCUT2D eigenvalue weighted by Crippen LogP contribution is 1.99. The van der Waals surface area contributed by atoms with Crippen molar-refractivity contribution in [2.24, 2.45) is 0 Å². The third-order valence-corrected chi connectivity index (χ3v) is 1.43. The number of carbonyl (C=O) groups excluding carboxylic acids is 1. The van der Waals surface area contributed by atoms with Crippen LogP contribution in [0, 0.1) is 6.07 Å². The van der Waals surface area contributed by atoms with Crippen molar-refractivity contribution < 1.29 is 9.53 Å². The minimum Gasteiger partial charge on any atom is -0.466 e. The summed E-state index contributed by atoms with van der Waals surface area (Å²) >= 11 is 0. The molecule has 1 aromatic carbocycles. The SMILES string of the molecule is CCOC(=O)Cc1c[c]ccc1. The lowest BCUT2D eigenvalue weighted by atomic mass is 10.2. The summed E-state index contributed by atoms with van der Waals surface area (Å²) in [6.07, 6.45) is 0.338. The summed E-state index contributed by atoms with van der Waals surface area (Å²) in [7, 11) is 0. The van der Waals surface area contributed by atoms with Gasteiger partial charge in [-0.2, -0.15) is 0 Å². The van der Waals surface area contributed by atoms with Gasteiger partial charge in [0, 0.05) is 0 Å². The van der Waals surface area contributed by atoms with Crippen LogP contribution in [-0.2, 0) is 16.0 Å². The maximum absolute atomic E-state index is 11.0. The van der Waals surface area contributed by atoms with Crippen molar-refractivity contribution in [3.8, 4) is 0 Å². The second-order valence-corrected chi connectivity index (χ2v) is 2.39. The van der Waals surface area contributed by atoms with Crippen LogP contribution in [0.25, 0.3) is 0 Å². The fourth-order valence-corrected chi connectivity index (χ4v) is 0.919. The Labute approximate surface area is 72.2 Å². The molecule has 0 aliphatic rings. The molecule has 0 spiro atoms. The summed E-state index contributed by atoms with van der Waals surface area (Å²) in [5, 5.41) is 0. The van der Waals surface area contributed by atoms with E-state index in [4.69, 9.17) is 4.74 Å². The molecule has 0 amide bonds. The van der Waals surface area contributed by atoms with Crippen molar-refractivity contribution in [3.05, 3.63) is 35.9 Å². The van der Waals surface area contributed by atoms with E-state index in [1.54, 1.807) is 19.1 Å². The van der Waals surface area contributed by atoms with Crippen molar-refractivity contribution >= 4 is 5.97 Å². The molecule has 1 aromatic rings. The highest BCUT2D eigenvalue weighted by Gasteiger charge is 2.01. The van der Waals surface area contributed by atoms with Gasteiger partial charge in [0.25, 0.3) is 0 Å². The molecule has 1 radical (unpaired) electrons. The Morgan fingerprint density at radius 1 is 1.67 bits per heavy atom. The van der Waals surface area contributed by atoms with Gasteiger partial charge in [-0.1, -0.05) is 24.3 Å². The first-order valence-electron chi connectivity index (χ1n) is 3.93. The maximum atomic E-state index is 11.0. The number of hydrogen-bond donors (Lipinski definition) is 0. The molecule has 0 unspecified atom stereocenters. The van der Waals surface area contributed by atoms with Crippen molar-refractivity contribution in [1.29, 1.82) is 0 Å². The number of benzene rings is 1. The highest BCUT2D eigenvalue weighted by atomic mass is 16.5. The van der Waals surface area contributed by atoms with Crippen molar-refractivity contribution in [1.82, 2.24) is 0 Å². The topological polar surface area (TPSA) is 26.3 Å². The second kappa shape index (κ2) is 4.54. The van der Waals surface area contributed by atoms with E-state index in [-0.39, 0.29) is 5.97 Å². The normalized spacial score (nSPS) is 9.42. The standard InChI is InChI=1S/C10H11O2/c1-2-12-10(11)8-9-6-4-3-5-7-9/h3-4,6-7H,2,8H2,1H3. The lowest BCUT2D eigenvalue weighted by molar-refractivity contribution is -0.142. The number of hydrogen-bond acceptors (Lipinski definition) is 2. The minimum absolute atomic E-state index is 0.183. The van der Waals surface area contributed by atoms with E-state index in [1.165, 1.54) is 0 Å². The average Bonchev–Trinajstić information content (AvgIpc) is 2.06. The van der Waals surface area contributed by atoms with E-state index in [9.17, 15) is 4.79 Å². The first kappa shape index (κ1) is 8.78. The van der Waals surface area contributed by atoms with Gasteiger partial charge < -0.3 is 4.74 Å². The number of carbonyl (C=O) groups is 1. The number of esters is 1. The first-order valence-corrected chi connectivity index (χ1v) is 3.93. The van der Waals surface area contributed by atoms with E-state index >= 15 is 0 Å². The van der Waals surface area contributed by atoms with E-state index in [2.05, 4.69) is 6.07 Å². The summed E-state index contributed by atoms with van der Waals surface area (Å²) < 4.78 is 4.79. The first-order chi connectivity index (χ1) is 5.83. The molecule has 12 heavy (non-hydrogen) atoms. The van der Waals surface area contributed by atoms with Crippen LogP contribution in [0.4, 0.5) is 0 Å². The van der Waals surface area contributed by atoms with E-state index in [1.807, 2.05) is 12.1 Å². The summed E-state index contributed by atoms with van der Waals surface area (Å²) in [4.78, 5) is 11.0. The fourth-order valence-electron chi connectivity index (χ4n) is 0.919. The lowest BCUT2D eigenvalue weighted by Gasteiger charge is -2.00. The Bertz CT molecular complexity index is 241. The summed E-state index contributed by atoms with van der Waals surface area (Å²) in [6, 6.07) is 10.2. The quantitative estimate of drug-likeness (QED) is 0.632. The summed E-state index contributed by atoms with van der Waals surface area (Å²) in [5.74, 6) is -0.183. The van der Waals surface area contributed by atoms with Crippen LogP contribution in [-0.4, -0.2) is 12.6 Å². The molecule has 0 aliphatic carbocycles. The Kier molecular flexibility index (Phi) is 3.33. The van der Waals surface area contributed by atoms with Gasteiger partial charge in [0.1, 0.15) is 0 Å². The zero-order chi connectivity index (χ0) is 8.81. The Morgan fingerprint density at radius 2 is 2.50 bits per heavy atom. The molecule has 2 heteroatoms. The van der Waals surface area contributed by atoms with Crippen LogP contribution in [0.15, 0.2) is 24.3 Å². The van der Waals surface area contributed by atoms with E-state index < -0.39 is 0 Å². The van der Waals surface area contributed by atoms with Gasteiger partial charge in [-0.3, -0.25) is 4.79 Å². The fraction of sp³-hybridized carbons (Fsp3) is 0.300.